The van der Waals surface area contributed by atoms with Gasteiger partial charge in [0.25, 0.3) is 0 Å². The van der Waals surface area contributed by atoms with Crippen LogP contribution < -0.4 is 4.90 Å². The van der Waals surface area contributed by atoms with Crippen LogP contribution in [-0.2, 0) is 0 Å². The van der Waals surface area contributed by atoms with E-state index in [0.717, 1.165) is 32.7 Å². The number of piperazine rings is 1. The van der Waals surface area contributed by atoms with Crippen LogP contribution in [0.3, 0.4) is 0 Å². The van der Waals surface area contributed by atoms with Gasteiger partial charge in [-0.1, -0.05) is 6.92 Å². The molecule has 3 nitrogen and oxygen atoms in total. The highest BCUT2D eigenvalue weighted by molar-refractivity contribution is 9.10. The maximum Gasteiger partial charge on any atom is 0.161 e. The Morgan fingerprint density at radius 3 is 2.56 bits per heavy atom. The normalized spacial score (nSPS) is 16.7. The van der Waals surface area contributed by atoms with Crippen LogP contribution in [0.4, 0.5) is 10.1 Å². The van der Waals surface area contributed by atoms with E-state index in [2.05, 4.69) is 27.8 Å². The molecule has 1 aromatic rings. The van der Waals surface area contributed by atoms with E-state index in [0.29, 0.717) is 11.3 Å². The third-order valence-corrected chi connectivity index (χ3v) is 4.12. The standard InChI is InChI=1S/C13H15BrFN3/c1-2-17-5-7-18(8-6-17)11-4-3-10(9-16)12(14)13(11)15/h3-4H,2,5-8H2,1H3. The Morgan fingerprint density at radius 2 is 2.00 bits per heavy atom. The SMILES string of the molecule is CCN1CCN(c2ccc(C#N)c(Br)c2F)CC1. The van der Waals surface area contributed by atoms with Gasteiger partial charge in [-0.15, -0.1) is 0 Å². The lowest BCUT2D eigenvalue weighted by atomic mass is 10.2. The highest BCUT2D eigenvalue weighted by Gasteiger charge is 2.20. The van der Waals surface area contributed by atoms with E-state index in [-0.39, 0.29) is 10.3 Å². The Morgan fingerprint density at radius 1 is 1.33 bits per heavy atom. The molecule has 1 aliphatic heterocycles. The topological polar surface area (TPSA) is 30.3 Å². The summed E-state index contributed by atoms with van der Waals surface area (Å²) in [7, 11) is 0. The van der Waals surface area contributed by atoms with Gasteiger partial charge in [0.2, 0.25) is 0 Å². The summed E-state index contributed by atoms with van der Waals surface area (Å²) >= 11 is 3.15. The van der Waals surface area contributed by atoms with Crippen molar-refractivity contribution in [2.45, 2.75) is 6.92 Å². The van der Waals surface area contributed by atoms with Crippen LogP contribution in [0.2, 0.25) is 0 Å². The maximum absolute atomic E-state index is 14.2. The van der Waals surface area contributed by atoms with Crippen molar-refractivity contribution in [2.75, 3.05) is 37.6 Å². The zero-order valence-corrected chi connectivity index (χ0v) is 11.9. The first-order valence-electron chi connectivity index (χ1n) is 6.02. The van der Waals surface area contributed by atoms with Crippen molar-refractivity contribution < 1.29 is 4.39 Å². The molecule has 0 bridgehead atoms. The van der Waals surface area contributed by atoms with E-state index >= 15 is 0 Å². The number of benzene rings is 1. The fourth-order valence-electron chi connectivity index (χ4n) is 2.17. The van der Waals surface area contributed by atoms with Gasteiger partial charge in [0.1, 0.15) is 6.07 Å². The van der Waals surface area contributed by atoms with Crippen molar-refractivity contribution in [3.05, 3.63) is 28.0 Å². The average Bonchev–Trinajstić information content (AvgIpc) is 2.42. The number of anilines is 1. The largest absolute Gasteiger partial charge is 0.367 e. The molecule has 1 aliphatic rings. The van der Waals surface area contributed by atoms with E-state index in [1.807, 2.05) is 11.0 Å². The summed E-state index contributed by atoms with van der Waals surface area (Å²) in [6, 6.07) is 5.32. The van der Waals surface area contributed by atoms with Gasteiger partial charge < -0.3 is 9.80 Å². The third kappa shape index (κ3) is 2.50. The van der Waals surface area contributed by atoms with Crippen LogP contribution in [0.15, 0.2) is 16.6 Å². The fraction of sp³-hybridized carbons (Fsp3) is 0.462. The van der Waals surface area contributed by atoms with Crippen molar-refractivity contribution in [1.82, 2.24) is 4.90 Å². The molecule has 1 fully saturated rings. The van der Waals surface area contributed by atoms with Crippen molar-refractivity contribution >= 4 is 21.6 Å². The summed E-state index contributed by atoms with van der Waals surface area (Å²) in [4.78, 5) is 4.38. The Bertz CT molecular complexity index is 476. The smallest absolute Gasteiger partial charge is 0.161 e. The number of halogens is 2. The molecule has 96 valence electrons. The predicted molar refractivity (Wildman–Crippen MR) is 73.1 cm³/mol. The van der Waals surface area contributed by atoms with E-state index in [1.54, 1.807) is 12.1 Å². The summed E-state index contributed by atoms with van der Waals surface area (Å²) in [5, 5.41) is 8.84. The first kappa shape index (κ1) is 13.3. The minimum Gasteiger partial charge on any atom is -0.367 e. The zero-order valence-electron chi connectivity index (χ0n) is 10.3. The molecule has 0 atom stereocenters. The second kappa shape index (κ2) is 5.68. The summed E-state index contributed by atoms with van der Waals surface area (Å²) in [6.07, 6.45) is 0. The minimum atomic E-state index is -0.334. The highest BCUT2D eigenvalue weighted by atomic mass is 79.9. The monoisotopic (exact) mass is 311 g/mol. The summed E-state index contributed by atoms with van der Waals surface area (Å²) < 4.78 is 14.4. The molecule has 0 aliphatic carbocycles. The number of nitrogens with zero attached hydrogens (tertiary/aromatic N) is 3. The summed E-state index contributed by atoms with van der Waals surface area (Å²) in [6.45, 7) is 6.72. The first-order chi connectivity index (χ1) is 8.67. The fourth-order valence-corrected chi connectivity index (χ4v) is 2.60. The second-order valence-corrected chi connectivity index (χ2v) is 5.09. The van der Waals surface area contributed by atoms with Gasteiger partial charge in [0.05, 0.1) is 15.7 Å². The van der Waals surface area contributed by atoms with Gasteiger partial charge in [0.15, 0.2) is 5.82 Å². The molecule has 0 N–H and O–H groups in total. The predicted octanol–water partition coefficient (Wildman–Crippen LogP) is 2.60. The maximum atomic E-state index is 14.2. The molecule has 2 rings (SSSR count). The van der Waals surface area contributed by atoms with Crippen LogP contribution in [0.25, 0.3) is 0 Å². The van der Waals surface area contributed by atoms with Gasteiger partial charge in [0, 0.05) is 26.2 Å². The highest BCUT2D eigenvalue weighted by Crippen LogP contribution is 2.29. The third-order valence-electron chi connectivity index (χ3n) is 3.34. The van der Waals surface area contributed by atoms with E-state index < -0.39 is 0 Å². The Labute approximate surface area is 115 Å². The summed E-state index contributed by atoms with van der Waals surface area (Å²) in [5.41, 5.74) is 0.917. The Hall–Kier alpha value is -1.12. The molecule has 5 heteroatoms. The van der Waals surface area contributed by atoms with Gasteiger partial charge in [-0.2, -0.15) is 5.26 Å². The number of likely N-dealkylation sites (N-methyl/N-ethyl adjacent to an activating group) is 1. The Balaban J connectivity index is 2.20. The van der Waals surface area contributed by atoms with Gasteiger partial charge in [-0.25, -0.2) is 4.39 Å². The van der Waals surface area contributed by atoms with E-state index in [9.17, 15) is 4.39 Å². The number of rotatable bonds is 2. The van der Waals surface area contributed by atoms with Crippen molar-refractivity contribution in [3.8, 4) is 6.07 Å². The molecule has 0 unspecified atom stereocenters. The van der Waals surface area contributed by atoms with Gasteiger partial charge in [-0.05, 0) is 34.6 Å². The molecule has 0 amide bonds. The quantitative estimate of drug-likeness (QED) is 0.841. The van der Waals surface area contributed by atoms with Crippen molar-refractivity contribution in [2.24, 2.45) is 0 Å². The molecule has 0 saturated carbocycles. The molecule has 1 saturated heterocycles. The molecule has 0 radical (unpaired) electrons. The summed E-state index contributed by atoms with van der Waals surface area (Å²) in [5.74, 6) is -0.334. The van der Waals surface area contributed by atoms with Gasteiger partial charge in [-0.3, -0.25) is 0 Å². The molecular formula is C13H15BrFN3. The van der Waals surface area contributed by atoms with Crippen LogP contribution in [0.1, 0.15) is 12.5 Å². The molecule has 18 heavy (non-hydrogen) atoms. The minimum absolute atomic E-state index is 0.264. The molecule has 0 spiro atoms. The lowest BCUT2D eigenvalue weighted by molar-refractivity contribution is 0.270. The van der Waals surface area contributed by atoms with Crippen molar-refractivity contribution in [1.29, 1.82) is 5.26 Å². The van der Waals surface area contributed by atoms with Crippen LogP contribution in [-0.4, -0.2) is 37.6 Å². The molecular weight excluding hydrogens is 297 g/mol. The van der Waals surface area contributed by atoms with Crippen LogP contribution in [0, 0.1) is 17.1 Å². The second-order valence-electron chi connectivity index (χ2n) is 4.29. The zero-order chi connectivity index (χ0) is 13.1. The van der Waals surface area contributed by atoms with Crippen LogP contribution >= 0.6 is 15.9 Å². The van der Waals surface area contributed by atoms with Gasteiger partial charge >= 0.3 is 0 Å². The lowest BCUT2D eigenvalue weighted by Gasteiger charge is -2.35. The van der Waals surface area contributed by atoms with Crippen molar-refractivity contribution in [3.63, 3.8) is 0 Å². The number of hydrogen-bond donors (Lipinski definition) is 0. The molecule has 1 aromatic carbocycles. The lowest BCUT2D eigenvalue weighted by Crippen LogP contribution is -2.46. The number of nitriles is 1. The van der Waals surface area contributed by atoms with E-state index in [4.69, 9.17) is 5.26 Å². The first-order valence-corrected chi connectivity index (χ1v) is 6.82. The van der Waals surface area contributed by atoms with Crippen LogP contribution in [0.5, 0.6) is 0 Å². The Kier molecular flexibility index (Phi) is 4.20. The average molecular weight is 312 g/mol. The molecule has 0 aromatic heterocycles. The van der Waals surface area contributed by atoms with E-state index in [1.165, 1.54) is 0 Å². The number of hydrogen-bond acceptors (Lipinski definition) is 3. The molecule has 1 heterocycles.